The molecule has 3 rings (SSSR count). The van der Waals surface area contributed by atoms with Gasteiger partial charge in [-0.3, -0.25) is 0 Å². The fraction of sp³-hybridized carbons (Fsp3) is 0.188. The van der Waals surface area contributed by atoms with Crippen LogP contribution in [0.4, 0.5) is 11.4 Å². The van der Waals surface area contributed by atoms with E-state index >= 15 is 0 Å². The second-order valence-corrected chi connectivity index (χ2v) is 4.88. The Morgan fingerprint density at radius 1 is 1.20 bits per heavy atom. The van der Waals surface area contributed by atoms with E-state index in [0.29, 0.717) is 0 Å². The number of fused-ring (bicyclic) bond motifs is 1. The predicted octanol–water partition coefficient (Wildman–Crippen LogP) is 3.09. The fourth-order valence-corrected chi connectivity index (χ4v) is 2.31. The average Bonchev–Trinajstić information content (AvgIpc) is 2.92. The van der Waals surface area contributed by atoms with Crippen molar-refractivity contribution >= 4 is 22.5 Å². The molecule has 0 saturated carbocycles. The topological polar surface area (TPSA) is 55.3 Å². The van der Waals surface area contributed by atoms with Crippen molar-refractivity contribution in [3.63, 3.8) is 0 Å². The van der Waals surface area contributed by atoms with E-state index in [1.54, 1.807) is 0 Å². The molecule has 3 aromatic rings. The van der Waals surface area contributed by atoms with Crippen molar-refractivity contribution in [2.75, 3.05) is 24.2 Å². The van der Waals surface area contributed by atoms with Crippen molar-refractivity contribution in [3.05, 3.63) is 54.4 Å². The highest BCUT2D eigenvalue weighted by atomic mass is 16.3. The number of anilines is 2. The number of nitrogen functional groups attached to an aromatic ring is 1. The van der Waals surface area contributed by atoms with Crippen LogP contribution >= 0.6 is 0 Å². The second-order valence-electron chi connectivity index (χ2n) is 4.88. The van der Waals surface area contributed by atoms with Gasteiger partial charge in [-0.25, -0.2) is 4.98 Å². The predicted molar refractivity (Wildman–Crippen MR) is 81.8 cm³/mol. The van der Waals surface area contributed by atoms with E-state index in [4.69, 9.17) is 10.2 Å². The van der Waals surface area contributed by atoms with Crippen molar-refractivity contribution in [3.8, 4) is 0 Å². The van der Waals surface area contributed by atoms with Gasteiger partial charge >= 0.3 is 0 Å². The van der Waals surface area contributed by atoms with E-state index in [-0.39, 0.29) is 0 Å². The first-order chi connectivity index (χ1) is 9.74. The zero-order valence-corrected chi connectivity index (χ0v) is 11.4. The maximum atomic E-state index is 5.99. The summed E-state index contributed by atoms with van der Waals surface area (Å²) in [6.45, 7) is 0.897. The number of aromatic nitrogens is 1. The molecule has 4 nitrogen and oxygen atoms in total. The largest absolute Gasteiger partial charge is 0.443 e. The quantitative estimate of drug-likeness (QED) is 0.738. The lowest BCUT2D eigenvalue weighted by Gasteiger charge is -2.20. The van der Waals surface area contributed by atoms with Crippen molar-refractivity contribution < 1.29 is 4.42 Å². The van der Waals surface area contributed by atoms with Gasteiger partial charge in [0.25, 0.3) is 0 Å². The first-order valence-corrected chi connectivity index (χ1v) is 6.62. The van der Waals surface area contributed by atoms with Crippen molar-refractivity contribution in [2.45, 2.75) is 6.42 Å². The third-order valence-corrected chi connectivity index (χ3v) is 3.48. The molecule has 0 spiro atoms. The number of likely N-dealkylation sites (N-methyl/N-ethyl adjacent to an activating group) is 1. The molecular weight excluding hydrogens is 250 g/mol. The molecule has 1 heterocycles. The average molecular weight is 267 g/mol. The van der Waals surface area contributed by atoms with Gasteiger partial charge < -0.3 is 15.1 Å². The zero-order valence-electron chi connectivity index (χ0n) is 11.4. The van der Waals surface area contributed by atoms with Crippen LogP contribution in [0.2, 0.25) is 0 Å². The molecule has 0 aliphatic carbocycles. The zero-order chi connectivity index (χ0) is 13.9. The monoisotopic (exact) mass is 267 g/mol. The van der Waals surface area contributed by atoms with Gasteiger partial charge in [0.1, 0.15) is 5.52 Å². The van der Waals surface area contributed by atoms with E-state index in [0.717, 1.165) is 35.4 Å². The molecule has 20 heavy (non-hydrogen) atoms. The molecule has 0 fully saturated rings. The summed E-state index contributed by atoms with van der Waals surface area (Å²) in [5, 5.41) is 0. The second kappa shape index (κ2) is 5.25. The SMILES string of the molecule is CN(CCc1ccc2ncoc2c1)c1ccccc1N. The Kier molecular flexibility index (Phi) is 3.29. The Balaban J connectivity index is 1.71. The maximum absolute atomic E-state index is 5.99. The third-order valence-electron chi connectivity index (χ3n) is 3.48. The summed E-state index contributed by atoms with van der Waals surface area (Å²) in [7, 11) is 2.05. The highest BCUT2D eigenvalue weighted by Crippen LogP contribution is 2.21. The molecule has 2 N–H and O–H groups in total. The third kappa shape index (κ3) is 2.45. The summed E-state index contributed by atoms with van der Waals surface area (Å²) in [6.07, 6.45) is 2.41. The van der Waals surface area contributed by atoms with Gasteiger partial charge in [0.15, 0.2) is 12.0 Å². The Morgan fingerprint density at radius 2 is 2.05 bits per heavy atom. The Bertz CT molecular complexity index is 720. The van der Waals surface area contributed by atoms with Crippen LogP contribution in [0.1, 0.15) is 5.56 Å². The summed E-state index contributed by atoms with van der Waals surface area (Å²) < 4.78 is 5.32. The summed E-state index contributed by atoms with van der Waals surface area (Å²) in [5.74, 6) is 0. The lowest BCUT2D eigenvalue weighted by molar-refractivity contribution is 0.601. The maximum Gasteiger partial charge on any atom is 0.181 e. The smallest absolute Gasteiger partial charge is 0.181 e. The van der Waals surface area contributed by atoms with Gasteiger partial charge in [-0.1, -0.05) is 18.2 Å². The van der Waals surface area contributed by atoms with Gasteiger partial charge in [-0.15, -0.1) is 0 Å². The van der Waals surface area contributed by atoms with Crippen molar-refractivity contribution in [1.82, 2.24) is 4.98 Å². The van der Waals surface area contributed by atoms with Crippen LogP contribution in [0.15, 0.2) is 53.3 Å². The van der Waals surface area contributed by atoms with E-state index in [1.807, 2.05) is 36.4 Å². The van der Waals surface area contributed by atoms with Gasteiger partial charge in [0, 0.05) is 13.6 Å². The minimum Gasteiger partial charge on any atom is -0.443 e. The summed E-state index contributed by atoms with van der Waals surface area (Å²) >= 11 is 0. The van der Waals surface area contributed by atoms with E-state index < -0.39 is 0 Å². The Morgan fingerprint density at radius 3 is 2.90 bits per heavy atom. The number of oxazole rings is 1. The van der Waals surface area contributed by atoms with Gasteiger partial charge in [0.2, 0.25) is 0 Å². The van der Waals surface area contributed by atoms with E-state index in [2.05, 4.69) is 23.0 Å². The molecule has 0 unspecified atom stereocenters. The molecule has 0 saturated heterocycles. The normalized spacial score (nSPS) is 10.8. The lowest BCUT2D eigenvalue weighted by Crippen LogP contribution is -2.21. The number of nitrogens with zero attached hydrogens (tertiary/aromatic N) is 2. The Hall–Kier alpha value is -2.49. The fourth-order valence-electron chi connectivity index (χ4n) is 2.31. The van der Waals surface area contributed by atoms with Crippen molar-refractivity contribution in [1.29, 1.82) is 0 Å². The van der Waals surface area contributed by atoms with Crippen LogP contribution in [0, 0.1) is 0 Å². The number of benzene rings is 2. The van der Waals surface area contributed by atoms with Crippen molar-refractivity contribution in [2.24, 2.45) is 0 Å². The summed E-state index contributed by atoms with van der Waals surface area (Å²) in [5.41, 5.74) is 10.8. The van der Waals surface area contributed by atoms with E-state index in [9.17, 15) is 0 Å². The molecule has 0 atom stereocenters. The van der Waals surface area contributed by atoms with Gasteiger partial charge in [0.05, 0.1) is 11.4 Å². The van der Waals surface area contributed by atoms with Crippen LogP contribution in [0.25, 0.3) is 11.1 Å². The van der Waals surface area contributed by atoms with Crippen LogP contribution in [-0.2, 0) is 6.42 Å². The standard InChI is InChI=1S/C16H17N3O/c1-19(15-5-3-2-4-13(15)17)9-8-12-6-7-14-16(10-12)20-11-18-14/h2-7,10-11H,8-9,17H2,1H3. The van der Waals surface area contributed by atoms with Crippen LogP contribution in [0.3, 0.4) is 0 Å². The summed E-state index contributed by atoms with van der Waals surface area (Å²) in [6, 6.07) is 14.0. The molecule has 0 radical (unpaired) electrons. The highest BCUT2D eigenvalue weighted by Gasteiger charge is 2.06. The number of nitrogens with two attached hydrogens (primary N) is 1. The van der Waals surface area contributed by atoms with Crippen LogP contribution < -0.4 is 10.6 Å². The number of hydrogen-bond acceptors (Lipinski definition) is 4. The number of hydrogen-bond donors (Lipinski definition) is 1. The summed E-state index contributed by atoms with van der Waals surface area (Å²) in [4.78, 5) is 6.29. The molecule has 4 heteroatoms. The highest BCUT2D eigenvalue weighted by molar-refractivity contribution is 5.72. The minimum atomic E-state index is 0.806. The molecule has 2 aromatic carbocycles. The van der Waals surface area contributed by atoms with Gasteiger partial charge in [-0.05, 0) is 36.2 Å². The molecule has 0 aliphatic heterocycles. The minimum absolute atomic E-state index is 0.806. The first-order valence-electron chi connectivity index (χ1n) is 6.62. The molecule has 102 valence electrons. The lowest BCUT2D eigenvalue weighted by atomic mass is 10.1. The molecule has 0 amide bonds. The number of rotatable bonds is 4. The van der Waals surface area contributed by atoms with Crippen LogP contribution in [-0.4, -0.2) is 18.6 Å². The number of para-hydroxylation sites is 2. The molecule has 0 aliphatic rings. The van der Waals surface area contributed by atoms with Gasteiger partial charge in [-0.2, -0.15) is 0 Å². The molecular formula is C16H17N3O. The first kappa shape index (κ1) is 12.5. The molecule has 0 bridgehead atoms. The Labute approximate surface area is 117 Å². The van der Waals surface area contributed by atoms with E-state index in [1.165, 1.54) is 12.0 Å². The van der Waals surface area contributed by atoms with Crippen LogP contribution in [0.5, 0.6) is 0 Å². The molecule has 1 aromatic heterocycles.